The number of benzene rings is 1. The molecule has 1 amide bonds. The van der Waals surface area contributed by atoms with E-state index in [1.165, 1.54) is 0 Å². The monoisotopic (exact) mass is 295 g/mol. The zero-order chi connectivity index (χ0) is 15.0. The summed E-state index contributed by atoms with van der Waals surface area (Å²) < 4.78 is 5.38. The van der Waals surface area contributed by atoms with E-state index in [4.69, 9.17) is 16.3 Å². The maximum absolute atomic E-state index is 12.3. The summed E-state index contributed by atoms with van der Waals surface area (Å²) in [7, 11) is 0. The Balaban J connectivity index is 2.12. The number of amides is 1. The van der Waals surface area contributed by atoms with Gasteiger partial charge in [0.2, 0.25) is 5.60 Å². The number of nitrogens with zero attached hydrogens (tertiary/aromatic N) is 1. The predicted octanol–water partition coefficient (Wildman–Crippen LogP) is 2.46. The van der Waals surface area contributed by atoms with Crippen molar-refractivity contribution in [2.75, 3.05) is 12.4 Å². The Morgan fingerprint density at radius 3 is 2.40 bits per heavy atom. The highest BCUT2D eigenvalue weighted by Crippen LogP contribution is 2.34. The van der Waals surface area contributed by atoms with Gasteiger partial charge >= 0.3 is 5.97 Å². The minimum Gasteiger partial charge on any atom is -0.442 e. The van der Waals surface area contributed by atoms with Crippen molar-refractivity contribution in [1.82, 2.24) is 4.90 Å². The van der Waals surface area contributed by atoms with Gasteiger partial charge in [-0.25, -0.2) is 4.79 Å². The van der Waals surface area contributed by atoms with Crippen molar-refractivity contribution in [2.24, 2.45) is 0 Å². The molecule has 0 aromatic heterocycles. The molecule has 0 unspecified atom stereocenters. The molecular weight excluding hydrogens is 278 g/mol. The van der Waals surface area contributed by atoms with Crippen LogP contribution in [-0.2, 0) is 9.53 Å². The van der Waals surface area contributed by atoms with Crippen molar-refractivity contribution < 1.29 is 14.3 Å². The van der Waals surface area contributed by atoms with Gasteiger partial charge in [0, 0.05) is 5.54 Å². The van der Waals surface area contributed by atoms with Crippen LogP contribution in [0.2, 0.25) is 0 Å². The highest BCUT2D eigenvalue weighted by Gasteiger charge is 2.58. The molecule has 0 aliphatic carbocycles. The normalized spacial score (nSPS) is 22.4. The summed E-state index contributed by atoms with van der Waals surface area (Å²) in [5.74, 6) is -0.783. The minimum atomic E-state index is -1.22. The molecule has 1 atom stereocenters. The summed E-state index contributed by atoms with van der Waals surface area (Å²) in [6.07, 6.45) is 0. The summed E-state index contributed by atoms with van der Waals surface area (Å²) in [5, 5.41) is 0. The van der Waals surface area contributed by atoms with Gasteiger partial charge < -0.3 is 9.64 Å². The van der Waals surface area contributed by atoms with Crippen LogP contribution in [0.4, 0.5) is 0 Å². The molecule has 2 rings (SSSR count). The third-order valence-electron chi connectivity index (χ3n) is 3.37. The van der Waals surface area contributed by atoms with Crippen molar-refractivity contribution in [3.63, 3.8) is 0 Å². The van der Waals surface area contributed by atoms with Gasteiger partial charge in [-0.3, -0.25) is 4.79 Å². The number of β-lactam (4-membered cyclic amide) rings is 1. The van der Waals surface area contributed by atoms with E-state index in [-0.39, 0.29) is 17.3 Å². The highest BCUT2D eigenvalue weighted by atomic mass is 35.5. The zero-order valence-corrected chi connectivity index (χ0v) is 12.6. The molecule has 0 bridgehead atoms. The summed E-state index contributed by atoms with van der Waals surface area (Å²) in [6.45, 7) is 6.13. The fraction of sp³-hybridized carbons (Fsp3) is 0.467. The lowest BCUT2D eigenvalue weighted by atomic mass is 9.88. The van der Waals surface area contributed by atoms with E-state index in [2.05, 4.69) is 0 Å². The van der Waals surface area contributed by atoms with E-state index in [9.17, 15) is 9.59 Å². The van der Waals surface area contributed by atoms with Crippen LogP contribution < -0.4 is 0 Å². The molecule has 5 heteroatoms. The molecule has 0 spiro atoms. The van der Waals surface area contributed by atoms with E-state index in [1.807, 2.05) is 26.8 Å². The Labute approximate surface area is 123 Å². The van der Waals surface area contributed by atoms with Crippen molar-refractivity contribution in [1.29, 1.82) is 0 Å². The molecule has 0 saturated carbocycles. The lowest BCUT2D eigenvalue weighted by molar-refractivity contribution is -0.181. The number of hydrogen-bond donors (Lipinski definition) is 0. The summed E-state index contributed by atoms with van der Waals surface area (Å²) in [5.41, 5.74) is -1.10. The van der Waals surface area contributed by atoms with E-state index < -0.39 is 11.6 Å². The van der Waals surface area contributed by atoms with Gasteiger partial charge in [0.25, 0.3) is 5.91 Å². The van der Waals surface area contributed by atoms with Gasteiger partial charge in [0.1, 0.15) is 0 Å². The van der Waals surface area contributed by atoms with E-state index in [1.54, 1.807) is 29.2 Å². The molecule has 1 aliphatic rings. The van der Waals surface area contributed by atoms with Crippen LogP contribution in [0.1, 0.15) is 31.1 Å². The number of rotatable bonds is 3. The average molecular weight is 296 g/mol. The van der Waals surface area contributed by atoms with Crippen molar-refractivity contribution >= 4 is 23.5 Å². The number of carbonyl (C=O) groups excluding carboxylic acids is 2. The van der Waals surface area contributed by atoms with Crippen molar-refractivity contribution in [3.05, 3.63) is 35.9 Å². The smallest absolute Gasteiger partial charge is 0.339 e. The molecule has 1 aromatic carbocycles. The number of carbonyl (C=O) groups is 2. The number of hydrogen-bond acceptors (Lipinski definition) is 3. The number of esters is 1. The first-order valence-electron chi connectivity index (χ1n) is 6.46. The van der Waals surface area contributed by atoms with E-state index in [0.29, 0.717) is 12.1 Å². The molecule has 108 valence electrons. The molecule has 1 heterocycles. The Morgan fingerprint density at radius 1 is 1.35 bits per heavy atom. The lowest BCUT2D eigenvalue weighted by Gasteiger charge is -2.52. The van der Waals surface area contributed by atoms with Crippen LogP contribution in [-0.4, -0.2) is 40.3 Å². The molecule has 4 nitrogen and oxygen atoms in total. The van der Waals surface area contributed by atoms with Crippen LogP contribution in [0.5, 0.6) is 0 Å². The standard InChI is InChI=1S/C15H18ClNO3/c1-14(2,3)17-10-15(9-16,13(17)19)20-12(18)11-7-5-4-6-8-11/h4-8H,9-10H2,1-3H3/t15-/m0/s1. The van der Waals surface area contributed by atoms with Crippen molar-refractivity contribution in [3.8, 4) is 0 Å². The summed E-state index contributed by atoms with van der Waals surface area (Å²) >= 11 is 5.88. The first-order valence-corrected chi connectivity index (χ1v) is 7.00. The van der Waals surface area contributed by atoms with E-state index >= 15 is 0 Å². The Morgan fingerprint density at radius 2 is 1.95 bits per heavy atom. The number of halogens is 1. The fourth-order valence-corrected chi connectivity index (χ4v) is 2.36. The fourth-order valence-electron chi connectivity index (χ4n) is 2.10. The molecule has 1 aliphatic heterocycles. The quantitative estimate of drug-likeness (QED) is 0.489. The van der Waals surface area contributed by atoms with Crippen molar-refractivity contribution in [2.45, 2.75) is 31.9 Å². The Hall–Kier alpha value is -1.55. The minimum absolute atomic E-state index is 0.0308. The highest BCUT2D eigenvalue weighted by molar-refractivity contribution is 6.21. The molecule has 0 N–H and O–H groups in total. The van der Waals surface area contributed by atoms with Gasteiger partial charge in [0.05, 0.1) is 18.0 Å². The Bertz CT molecular complexity index is 524. The average Bonchev–Trinajstić information content (AvgIpc) is 2.41. The number of ether oxygens (including phenoxy) is 1. The predicted molar refractivity (Wildman–Crippen MR) is 76.8 cm³/mol. The number of alkyl halides is 1. The van der Waals surface area contributed by atoms with E-state index in [0.717, 1.165) is 0 Å². The second-order valence-electron chi connectivity index (χ2n) is 5.95. The topological polar surface area (TPSA) is 46.6 Å². The zero-order valence-electron chi connectivity index (χ0n) is 11.9. The second-order valence-corrected chi connectivity index (χ2v) is 6.21. The first-order chi connectivity index (χ1) is 9.30. The molecular formula is C15H18ClNO3. The lowest BCUT2D eigenvalue weighted by Crippen LogP contribution is -2.73. The van der Waals surface area contributed by atoms with Crippen LogP contribution in [0.25, 0.3) is 0 Å². The largest absolute Gasteiger partial charge is 0.442 e. The van der Waals surface area contributed by atoms with Crippen LogP contribution >= 0.6 is 11.6 Å². The third-order valence-corrected chi connectivity index (χ3v) is 3.80. The van der Waals surface area contributed by atoms with Crippen LogP contribution in [0.15, 0.2) is 30.3 Å². The van der Waals surface area contributed by atoms with Crippen LogP contribution in [0, 0.1) is 0 Å². The Kier molecular flexibility index (Phi) is 3.78. The molecule has 1 fully saturated rings. The van der Waals surface area contributed by atoms with Crippen LogP contribution in [0.3, 0.4) is 0 Å². The van der Waals surface area contributed by atoms with Gasteiger partial charge in [0.15, 0.2) is 0 Å². The second kappa shape index (κ2) is 5.09. The van der Waals surface area contributed by atoms with Gasteiger partial charge in [-0.1, -0.05) is 18.2 Å². The first kappa shape index (κ1) is 14.9. The maximum Gasteiger partial charge on any atom is 0.339 e. The molecule has 0 radical (unpaired) electrons. The third kappa shape index (κ3) is 2.52. The maximum atomic E-state index is 12.3. The van der Waals surface area contributed by atoms with Gasteiger partial charge in [-0.15, -0.1) is 11.6 Å². The number of likely N-dealkylation sites (tertiary alicyclic amines) is 1. The molecule has 20 heavy (non-hydrogen) atoms. The molecule has 1 aromatic rings. The summed E-state index contributed by atoms with van der Waals surface area (Å²) in [6, 6.07) is 8.59. The van der Waals surface area contributed by atoms with Gasteiger partial charge in [-0.2, -0.15) is 0 Å². The SMILES string of the molecule is CC(C)(C)N1C[C@](CCl)(OC(=O)c2ccccc2)C1=O. The molecule has 1 saturated heterocycles. The summed E-state index contributed by atoms with van der Waals surface area (Å²) in [4.78, 5) is 26.0. The van der Waals surface area contributed by atoms with Gasteiger partial charge in [-0.05, 0) is 32.9 Å².